The molecule has 1 amide bonds. The van der Waals surface area contributed by atoms with Crippen molar-refractivity contribution in [2.75, 3.05) is 26.4 Å². The number of nitrogens with one attached hydrogen (secondary N) is 1. The van der Waals surface area contributed by atoms with E-state index in [1.54, 1.807) is 6.08 Å². The lowest BCUT2D eigenvalue weighted by molar-refractivity contribution is -0.379. The molecular formula is C56H97NO18. The second kappa shape index (κ2) is 39.8. The number of allylic oxidation sites excluding steroid dienone is 9. The van der Waals surface area contributed by atoms with E-state index in [9.17, 15) is 61.0 Å². The van der Waals surface area contributed by atoms with Gasteiger partial charge < -0.3 is 89.9 Å². The standard InChI is InChI=1S/C56H97NO18/c1-3-5-7-9-11-13-14-15-16-17-18-19-20-21-22-23-24-26-28-30-32-34-44(62)57-39(40(61)33-31-29-27-25-12-10-8-6-4-2)38-70-54-50(68)47(65)52(42(36-59)72-54)75-56-51(69)48(66)53(43(37-60)73-56)74-55-49(67)46(64)45(63)41(35-58)71-55/h5,7,11,13,15-16,18-19,31,33,39-43,45-56,58-61,63-69H,3-4,6,8-10,12,14,17,20-30,32,34-38H2,1-2H3,(H,57,62)/b7-5-,13-11-,16-15-,19-18-,33-31+. The van der Waals surface area contributed by atoms with E-state index >= 15 is 0 Å². The third-order valence-electron chi connectivity index (χ3n) is 13.8. The normalized spacial score (nSPS) is 31.7. The third-order valence-corrected chi connectivity index (χ3v) is 13.8. The number of rotatable bonds is 39. The summed E-state index contributed by atoms with van der Waals surface area (Å²) in [5.41, 5.74) is 0. The maximum Gasteiger partial charge on any atom is 0.220 e. The molecule has 12 N–H and O–H groups in total. The predicted molar refractivity (Wildman–Crippen MR) is 282 cm³/mol. The maximum atomic E-state index is 13.3. The van der Waals surface area contributed by atoms with Crippen molar-refractivity contribution in [3.63, 3.8) is 0 Å². The van der Waals surface area contributed by atoms with Gasteiger partial charge in [-0.2, -0.15) is 0 Å². The minimum Gasteiger partial charge on any atom is -0.394 e. The molecule has 75 heavy (non-hydrogen) atoms. The summed E-state index contributed by atoms with van der Waals surface area (Å²) >= 11 is 0. The molecule has 3 saturated heterocycles. The second-order valence-corrected chi connectivity index (χ2v) is 20.0. The second-order valence-electron chi connectivity index (χ2n) is 20.0. The summed E-state index contributed by atoms with van der Waals surface area (Å²) in [5.74, 6) is -0.291. The van der Waals surface area contributed by atoms with Crippen molar-refractivity contribution in [3.05, 3.63) is 60.8 Å². The van der Waals surface area contributed by atoms with E-state index in [2.05, 4.69) is 67.8 Å². The van der Waals surface area contributed by atoms with E-state index in [1.807, 2.05) is 6.08 Å². The van der Waals surface area contributed by atoms with Crippen LogP contribution in [-0.4, -0.2) is 193 Å². The first-order chi connectivity index (χ1) is 36.3. The zero-order valence-electron chi connectivity index (χ0n) is 44.8. The van der Waals surface area contributed by atoms with E-state index in [0.717, 1.165) is 83.5 Å². The van der Waals surface area contributed by atoms with Gasteiger partial charge in [0.15, 0.2) is 18.9 Å². The van der Waals surface area contributed by atoms with E-state index < -0.39 is 124 Å². The number of aliphatic hydroxyl groups excluding tert-OH is 11. The number of carbonyl (C=O) groups is 1. The van der Waals surface area contributed by atoms with Gasteiger partial charge in [0.05, 0.1) is 38.6 Å². The van der Waals surface area contributed by atoms with Crippen molar-refractivity contribution < 1.29 is 89.4 Å². The molecule has 0 aromatic heterocycles. The lowest BCUT2D eigenvalue weighted by Gasteiger charge is -2.48. The zero-order chi connectivity index (χ0) is 54.8. The summed E-state index contributed by atoms with van der Waals surface area (Å²) in [5, 5.41) is 120. The molecule has 3 fully saturated rings. The van der Waals surface area contributed by atoms with Crippen molar-refractivity contribution in [2.24, 2.45) is 0 Å². The molecule has 17 atom stereocenters. The number of hydrogen-bond acceptors (Lipinski definition) is 18. The highest BCUT2D eigenvalue weighted by Gasteiger charge is 2.53. The number of hydrogen-bond donors (Lipinski definition) is 12. The minimum atomic E-state index is -1.98. The molecule has 19 nitrogen and oxygen atoms in total. The Bertz CT molecular complexity index is 1610. The number of carbonyl (C=O) groups excluding carboxylic acids is 1. The predicted octanol–water partition coefficient (Wildman–Crippen LogP) is 3.70. The SMILES string of the molecule is CC/C=C\C/C=C\C/C=C\C/C=C\CCCCCCCCCCC(=O)NC(COC1OC(CO)C(OC2OC(CO)C(OC3OC(CO)C(O)C(O)C3O)C(O)C2O)C(O)C1O)C(O)/C=C/CCCCCCCCC. The van der Waals surface area contributed by atoms with E-state index in [4.69, 9.17) is 28.4 Å². The molecule has 0 aliphatic carbocycles. The fourth-order valence-corrected chi connectivity index (χ4v) is 9.18. The monoisotopic (exact) mass is 1070 g/mol. The molecule has 0 bridgehead atoms. The number of ether oxygens (including phenoxy) is 6. The van der Waals surface area contributed by atoms with Crippen molar-refractivity contribution in [1.82, 2.24) is 5.32 Å². The first-order valence-corrected chi connectivity index (χ1v) is 28.0. The van der Waals surface area contributed by atoms with Crippen LogP contribution in [0.5, 0.6) is 0 Å². The van der Waals surface area contributed by atoms with Gasteiger partial charge >= 0.3 is 0 Å². The molecule has 3 aliphatic heterocycles. The molecule has 19 heteroatoms. The quantitative estimate of drug-likeness (QED) is 0.0309. The van der Waals surface area contributed by atoms with E-state index in [1.165, 1.54) is 44.9 Å². The number of aliphatic hydroxyl groups is 11. The fourth-order valence-electron chi connectivity index (χ4n) is 9.18. The highest BCUT2D eigenvalue weighted by atomic mass is 16.8. The highest BCUT2D eigenvalue weighted by Crippen LogP contribution is 2.33. The van der Waals surface area contributed by atoms with Crippen molar-refractivity contribution in [1.29, 1.82) is 0 Å². The fraction of sp³-hybridized carbons (Fsp3) is 0.804. The van der Waals surface area contributed by atoms with Crippen LogP contribution in [0.3, 0.4) is 0 Å². The topological polar surface area (TPSA) is 307 Å². The Morgan fingerprint density at radius 2 is 0.920 bits per heavy atom. The average Bonchev–Trinajstić information content (AvgIpc) is 3.41. The molecule has 3 heterocycles. The number of unbranched alkanes of at least 4 members (excludes halogenated alkanes) is 15. The van der Waals surface area contributed by atoms with Crippen LogP contribution in [0.2, 0.25) is 0 Å². The molecule has 0 aromatic rings. The van der Waals surface area contributed by atoms with Gasteiger partial charge in [-0.25, -0.2) is 0 Å². The van der Waals surface area contributed by atoms with Gasteiger partial charge in [-0.15, -0.1) is 0 Å². The first-order valence-electron chi connectivity index (χ1n) is 28.0. The molecule has 434 valence electrons. The Morgan fingerprint density at radius 1 is 0.493 bits per heavy atom. The molecule has 0 spiro atoms. The molecule has 0 aromatic carbocycles. The van der Waals surface area contributed by atoms with Crippen LogP contribution in [0.4, 0.5) is 0 Å². The summed E-state index contributed by atoms with van der Waals surface area (Å²) in [4.78, 5) is 13.3. The first kappa shape index (κ1) is 66.8. The average molecular weight is 1070 g/mol. The smallest absolute Gasteiger partial charge is 0.220 e. The lowest BCUT2D eigenvalue weighted by Crippen LogP contribution is -2.66. The lowest BCUT2D eigenvalue weighted by atomic mass is 9.96. The van der Waals surface area contributed by atoms with Gasteiger partial charge in [0.25, 0.3) is 0 Å². The van der Waals surface area contributed by atoms with E-state index in [-0.39, 0.29) is 18.9 Å². The Balaban J connectivity index is 1.48. The van der Waals surface area contributed by atoms with Gasteiger partial charge in [0, 0.05) is 6.42 Å². The van der Waals surface area contributed by atoms with Crippen LogP contribution in [0.15, 0.2) is 60.8 Å². The van der Waals surface area contributed by atoms with Crippen LogP contribution in [0, 0.1) is 0 Å². The summed E-state index contributed by atoms with van der Waals surface area (Å²) in [7, 11) is 0. The number of amides is 1. The third kappa shape index (κ3) is 24.6. The summed E-state index contributed by atoms with van der Waals surface area (Å²) in [6.07, 6.45) is 16.5. The van der Waals surface area contributed by atoms with Crippen LogP contribution >= 0.6 is 0 Å². The van der Waals surface area contributed by atoms with Gasteiger partial charge in [-0.05, 0) is 57.8 Å². The zero-order valence-corrected chi connectivity index (χ0v) is 44.8. The Kier molecular flexibility index (Phi) is 35.4. The molecule has 0 saturated carbocycles. The molecule has 3 rings (SSSR count). The Hall–Kier alpha value is -2.51. The van der Waals surface area contributed by atoms with Gasteiger partial charge in [0.2, 0.25) is 5.91 Å². The van der Waals surface area contributed by atoms with Crippen LogP contribution in [-0.2, 0) is 33.2 Å². The van der Waals surface area contributed by atoms with Crippen molar-refractivity contribution in [2.45, 2.75) is 259 Å². The van der Waals surface area contributed by atoms with Crippen molar-refractivity contribution in [3.8, 4) is 0 Å². The van der Waals surface area contributed by atoms with Crippen LogP contribution in [0.25, 0.3) is 0 Å². The minimum absolute atomic E-state index is 0.230. The molecule has 17 unspecified atom stereocenters. The highest BCUT2D eigenvalue weighted by molar-refractivity contribution is 5.76. The molecule has 0 radical (unpaired) electrons. The van der Waals surface area contributed by atoms with Crippen LogP contribution in [0.1, 0.15) is 155 Å². The van der Waals surface area contributed by atoms with Crippen LogP contribution < -0.4 is 5.32 Å². The Morgan fingerprint density at radius 3 is 1.44 bits per heavy atom. The Labute approximate surface area is 445 Å². The van der Waals surface area contributed by atoms with Crippen molar-refractivity contribution >= 4 is 5.91 Å². The van der Waals surface area contributed by atoms with Gasteiger partial charge in [0.1, 0.15) is 73.2 Å². The molecule has 3 aliphatic rings. The van der Waals surface area contributed by atoms with Gasteiger partial charge in [-0.1, -0.05) is 152 Å². The van der Waals surface area contributed by atoms with Gasteiger partial charge in [-0.3, -0.25) is 4.79 Å². The largest absolute Gasteiger partial charge is 0.394 e. The van der Waals surface area contributed by atoms with E-state index in [0.29, 0.717) is 6.42 Å². The summed E-state index contributed by atoms with van der Waals surface area (Å²) in [6, 6.07) is -0.977. The summed E-state index contributed by atoms with van der Waals surface area (Å²) < 4.78 is 34.1. The maximum absolute atomic E-state index is 13.3. The summed E-state index contributed by atoms with van der Waals surface area (Å²) in [6.45, 7) is 1.53. The molecular weight excluding hydrogens is 975 g/mol.